The molecule has 1 aromatic carbocycles. The van der Waals surface area contributed by atoms with Crippen molar-refractivity contribution in [3.63, 3.8) is 0 Å². The summed E-state index contributed by atoms with van der Waals surface area (Å²) in [5, 5.41) is 1.43. The molecule has 2 nitrogen and oxygen atoms in total. The number of furan rings is 1. The summed E-state index contributed by atoms with van der Waals surface area (Å²) in [6.45, 7) is 1.95. The first-order valence-electron chi connectivity index (χ1n) is 3.86. The van der Waals surface area contributed by atoms with E-state index in [0.29, 0.717) is 22.7 Å². The summed E-state index contributed by atoms with van der Waals surface area (Å²) < 4.78 is 5.23. The van der Waals surface area contributed by atoms with Gasteiger partial charge in [-0.3, -0.25) is 4.79 Å². The normalized spacial score (nSPS) is 10.6. The Morgan fingerprint density at radius 3 is 2.85 bits per heavy atom. The van der Waals surface area contributed by atoms with Gasteiger partial charge in [0.2, 0.25) is 0 Å². The van der Waals surface area contributed by atoms with Gasteiger partial charge in [0.1, 0.15) is 0 Å². The van der Waals surface area contributed by atoms with Gasteiger partial charge in [-0.15, -0.1) is 0 Å². The highest BCUT2D eigenvalue weighted by atomic mass is 35.5. The molecule has 13 heavy (non-hydrogen) atoms. The number of fused-ring (bicyclic) bond motifs is 1. The summed E-state index contributed by atoms with van der Waals surface area (Å²) in [7, 11) is 0. The van der Waals surface area contributed by atoms with Crippen molar-refractivity contribution in [2.75, 3.05) is 0 Å². The molecule has 1 heterocycles. The lowest BCUT2D eigenvalue weighted by Crippen LogP contribution is -1.72. The van der Waals surface area contributed by atoms with Gasteiger partial charge < -0.3 is 4.42 Å². The zero-order valence-electron chi connectivity index (χ0n) is 7.00. The predicted molar refractivity (Wildman–Crippen MR) is 51.3 cm³/mol. The van der Waals surface area contributed by atoms with E-state index in [2.05, 4.69) is 0 Å². The second-order valence-electron chi connectivity index (χ2n) is 2.87. The number of hydrogen-bond donors (Lipinski definition) is 0. The van der Waals surface area contributed by atoms with Crippen molar-refractivity contribution >= 4 is 28.9 Å². The van der Waals surface area contributed by atoms with E-state index in [1.807, 2.05) is 13.0 Å². The first-order valence-corrected chi connectivity index (χ1v) is 4.24. The van der Waals surface area contributed by atoms with Gasteiger partial charge in [0.15, 0.2) is 17.6 Å². The maximum atomic E-state index is 10.5. The quantitative estimate of drug-likeness (QED) is 0.653. The van der Waals surface area contributed by atoms with Crippen molar-refractivity contribution in [2.45, 2.75) is 6.92 Å². The lowest BCUT2D eigenvalue weighted by molar-refractivity contribution is 0.110. The Bertz CT molecular complexity index is 432. The van der Waals surface area contributed by atoms with E-state index >= 15 is 0 Å². The molecule has 66 valence electrons. The van der Waals surface area contributed by atoms with Crippen LogP contribution in [-0.4, -0.2) is 6.29 Å². The van der Waals surface area contributed by atoms with Crippen LogP contribution < -0.4 is 0 Å². The van der Waals surface area contributed by atoms with Gasteiger partial charge in [0.25, 0.3) is 0 Å². The van der Waals surface area contributed by atoms with Crippen LogP contribution in [0.1, 0.15) is 16.1 Å². The van der Waals surface area contributed by atoms with E-state index in [1.54, 1.807) is 12.1 Å². The van der Waals surface area contributed by atoms with Gasteiger partial charge in [-0.1, -0.05) is 17.7 Å². The number of benzene rings is 1. The lowest BCUT2D eigenvalue weighted by atomic mass is 10.1. The van der Waals surface area contributed by atoms with Crippen molar-refractivity contribution < 1.29 is 9.21 Å². The third-order valence-electron chi connectivity index (χ3n) is 1.99. The van der Waals surface area contributed by atoms with Crippen LogP contribution in [0.3, 0.4) is 0 Å². The van der Waals surface area contributed by atoms with Crippen molar-refractivity contribution in [1.82, 2.24) is 0 Å². The van der Waals surface area contributed by atoms with Crippen LogP contribution >= 0.6 is 11.6 Å². The van der Waals surface area contributed by atoms with Gasteiger partial charge in [0, 0.05) is 5.39 Å². The van der Waals surface area contributed by atoms with E-state index in [0.717, 1.165) is 10.9 Å². The van der Waals surface area contributed by atoms with Crippen molar-refractivity contribution in [3.05, 3.63) is 34.5 Å². The van der Waals surface area contributed by atoms with Crippen LogP contribution in [0.5, 0.6) is 0 Å². The number of aryl methyl sites for hydroxylation is 1. The Balaban J connectivity index is 2.87. The van der Waals surface area contributed by atoms with Gasteiger partial charge >= 0.3 is 0 Å². The fraction of sp³-hybridized carbons (Fsp3) is 0.100. The van der Waals surface area contributed by atoms with Crippen LogP contribution in [-0.2, 0) is 0 Å². The van der Waals surface area contributed by atoms with Crippen LogP contribution in [0, 0.1) is 6.92 Å². The number of carbonyl (C=O) groups excluding carboxylic acids is 1. The molecular weight excluding hydrogens is 188 g/mol. The van der Waals surface area contributed by atoms with Crippen molar-refractivity contribution in [3.8, 4) is 0 Å². The second-order valence-corrected chi connectivity index (χ2v) is 3.28. The second kappa shape index (κ2) is 2.89. The smallest absolute Gasteiger partial charge is 0.185 e. The SMILES string of the molecule is Cc1ccc(Cl)c2oc(C=O)cc12. The molecule has 0 aliphatic rings. The van der Waals surface area contributed by atoms with Crippen LogP contribution in [0.2, 0.25) is 5.02 Å². The summed E-state index contributed by atoms with van der Waals surface area (Å²) in [4.78, 5) is 10.5. The summed E-state index contributed by atoms with van der Waals surface area (Å²) in [5.74, 6) is 0.311. The zero-order chi connectivity index (χ0) is 9.42. The third-order valence-corrected chi connectivity index (χ3v) is 2.29. The Labute approximate surface area is 80.1 Å². The summed E-state index contributed by atoms with van der Waals surface area (Å²) in [5.41, 5.74) is 1.64. The molecule has 0 bridgehead atoms. The number of rotatable bonds is 1. The molecule has 3 heteroatoms. The van der Waals surface area contributed by atoms with Crippen molar-refractivity contribution in [1.29, 1.82) is 0 Å². The van der Waals surface area contributed by atoms with Crippen LogP contribution in [0.25, 0.3) is 11.0 Å². The van der Waals surface area contributed by atoms with Gasteiger partial charge in [-0.25, -0.2) is 0 Å². The Hall–Kier alpha value is -1.28. The average molecular weight is 195 g/mol. The van der Waals surface area contributed by atoms with E-state index in [1.165, 1.54) is 0 Å². The molecule has 0 amide bonds. The molecule has 0 unspecified atom stereocenters. The van der Waals surface area contributed by atoms with Crippen LogP contribution in [0.4, 0.5) is 0 Å². The summed E-state index contributed by atoms with van der Waals surface area (Å²) in [6, 6.07) is 5.36. The number of hydrogen-bond acceptors (Lipinski definition) is 2. The topological polar surface area (TPSA) is 30.2 Å². The van der Waals surface area contributed by atoms with E-state index in [4.69, 9.17) is 16.0 Å². The first kappa shape index (κ1) is 8.32. The Morgan fingerprint density at radius 2 is 2.23 bits per heavy atom. The van der Waals surface area contributed by atoms with E-state index < -0.39 is 0 Å². The minimum atomic E-state index is 0.311. The monoisotopic (exact) mass is 194 g/mol. The largest absolute Gasteiger partial charge is 0.452 e. The highest BCUT2D eigenvalue weighted by molar-refractivity contribution is 6.35. The fourth-order valence-electron chi connectivity index (χ4n) is 1.30. The molecule has 2 rings (SSSR count). The van der Waals surface area contributed by atoms with Crippen LogP contribution in [0.15, 0.2) is 22.6 Å². The molecule has 2 aromatic rings. The molecule has 0 aliphatic heterocycles. The molecule has 0 fully saturated rings. The molecule has 0 N–H and O–H groups in total. The average Bonchev–Trinajstić information content (AvgIpc) is 2.56. The number of carbonyl (C=O) groups is 1. The fourth-order valence-corrected chi connectivity index (χ4v) is 1.51. The molecule has 0 spiro atoms. The molecule has 0 atom stereocenters. The molecular formula is C10H7ClO2. The highest BCUT2D eigenvalue weighted by Crippen LogP contribution is 2.28. The number of aldehydes is 1. The van der Waals surface area contributed by atoms with Gasteiger partial charge in [-0.05, 0) is 24.6 Å². The summed E-state index contributed by atoms with van der Waals surface area (Å²) >= 11 is 5.89. The Morgan fingerprint density at radius 1 is 1.46 bits per heavy atom. The van der Waals surface area contributed by atoms with Crippen molar-refractivity contribution in [2.24, 2.45) is 0 Å². The van der Waals surface area contributed by atoms with Gasteiger partial charge in [-0.2, -0.15) is 0 Å². The molecule has 0 saturated carbocycles. The number of halogens is 1. The summed E-state index contributed by atoms with van der Waals surface area (Å²) in [6.07, 6.45) is 0.676. The molecule has 0 aliphatic carbocycles. The van der Waals surface area contributed by atoms with E-state index in [-0.39, 0.29) is 0 Å². The standard InChI is InChI=1S/C10H7ClO2/c1-6-2-3-9(11)10-8(6)4-7(5-12)13-10/h2-5H,1H3. The first-order chi connectivity index (χ1) is 6.22. The Kier molecular flexibility index (Phi) is 1.85. The predicted octanol–water partition coefficient (Wildman–Crippen LogP) is 3.21. The highest BCUT2D eigenvalue weighted by Gasteiger charge is 2.08. The third kappa shape index (κ3) is 1.23. The van der Waals surface area contributed by atoms with E-state index in [9.17, 15) is 4.79 Å². The minimum Gasteiger partial charge on any atom is -0.452 e. The maximum Gasteiger partial charge on any atom is 0.185 e. The molecule has 1 aromatic heterocycles. The minimum absolute atomic E-state index is 0.311. The maximum absolute atomic E-state index is 10.5. The zero-order valence-corrected chi connectivity index (χ0v) is 7.76. The lowest BCUT2D eigenvalue weighted by Gasteiger charge is -1.94. The molecule has 0 radical (unpaired) electrons. The van der Waals surface area contributed by atoms with Gasteiger partial charge in [0.05, 0.1) is 5.02 Å². The molecule has 0 saturated heterocycles.